The summed E-state index contributed by atoms with van der Waals surface area (Å²) in [5.74, 6) is -5.73. The monoisotopic (exact) mass is 1070 g/mol. The molecule has 2 aliphatic rings. The van der Waals surface area contributed by atoms with Crippen LogP contribution in [0.5, 0.6) is 5.75 Å². The van der Waals surface area contributed by atoms with Crippen LogP contribution in [-0.2, 0) is 46.3 Å². The average Bonchev–Trinajstić information content (AvgIpc) is 4.03. The van der Waals surface area contributed by atoms with Crippen molar-refractivity contribution in [3.8, 4) is 22.3 Å². The molecular weight excluding hydrogens is 1020 g/mol. The number of carbonyl (C=O) groups excluding carboxylic acids is 7. The number of benzene rings is 3. The number of anilines is 2. The lowest BCUT2D eigenvalue weighted by Crippen LogP contribution is -2.52. The van der Waals surface area contributed by atoms with E-state index in [2.05, 4.69) is 15.6 Å². The number of halogens is 3. The summed E-state index contributed by atoms with van der Waals surface area (Å²) in [5, 5.41) is 25.3. The molecule has 0 spiro atoms. The lowest BCUT2D eigenvalue weighted by molar-refractivity contribution is -0.143. The molecule has 1 saturated heterocycles. The Kier molecular flexibility index (Phi) is 17.9. The Bertz CT molecular complexity index is 2890. The minimum Gasteiger partial charge on any atom is -0.484 e. The summed E-state index contributed by atoms with van der Waals surface area (Å²) in [7, 11) is 4.07. The van der Waals surface area contributed by atoms with Gasteiger partial charge in [0.25, 0.3) is 11.8 Å². The van der Waals surface area contributed by atoms with E-state index >= 15 is 0 Å². The largest absolute Gasteiger partial charge is 0.484 e. The van der Waals surface area contributed by atoms with Crippen LogP contribution in [0.3, 0.4) is 0 Å². The Balaban J connectivity index is 0.951. The van der Waals surface area contributed by atoms with Gasteiger partial charge in [0.15, 0.2) is 17.5 Å². The number of thiocarbonyl (C=S) groups is 1. The minimum atomic E-state index is -4.86. The Morgan fingerprint density at radius 3 is 2.07 bits per heavy atom. The Hall–Kier alpha value is -7.29. The smallest absolute Gasteiger partial charge is 0.417 e. The summed E-state index contributed by atoms with van der Waals surface area (Å²) < 4.78 is 46.9. The number of nitriles is 1. The number of hydrogen-bond acceptors (Lipinski definition) is 13. The van der Waals surface area contributed by atoms with E-state index in [4.69, 9.17) is 17.0 Å². The molecule has 23 heteroatoms. The molecule has 1 aliphatic carbocycles. The molecule has 18 nitrogen and oxygen atoms in total. The second-order valence-corrected chi connectivity index (χ2v) is 20.6. The molecule has 0 radical (unpaired) electrons. The van der Waals surface area contributed by atoms with Crippen LogP contribution in [-0.4, -0.2) is 136 Å². The maximum absolute atomic E-state index is 14.0. The third kappa shape index (κ3) is 13.2. The first-order valence-electron chi connectivity index (χ1n) is 23.8. The number of ether oxygens (including phenoxy) is 1. The van der Waals surface area contributed by atoms with Gasteiger partial charge in [-0.15, -0.1) is 11.3 Å². The zero-order valence-electron chi connectivity index (χ0n) is 42.6. The minimum absolute atomic E-state index is 0.0482. The number of alkyl halides is 3. The van der Waals surface area contributed by atoms with Crippen LogP contribution in [0, 0.1) is 36.0 Å². The molecule has 2 fully saturated rings. The van der Waals surface area contributed by atoms with Gasteiger partial charge in [-0.05, 0) is 105 Å². The molecule has 4 atom stereocenters. The van der Waals surface area contributed by atoms with E-state index in [1.807, 2.05) is 31.2 Å². The molecule has 398 valence electrons. The summed E-state index contributed by atoms with van der Waals surface area (Å²) >= 11 is 7.13. The van der Waals surface area contributed by atoms with Crippen LogP contribution < -0.4 is 25.2 Å². The lowest BCUT2D eigenvalue weighted by atomic mass is 9.84. The van der Waals surface area contributed by atoms with Crippen molar-refractivity contribution in [3.63, 3.8) is 0 Å². The van der Waals surface area contributed by atoms with E-state index in [0.29, 0.717) is 11.8 Å². The molecule has 75 heavy (non-hydrogen) atoms. The quantitative estimate of drug-likeness (QED) is 0.104. The van der Waals surface area contributed by atoms with Gasteiger partial charge in [-0.2, -0.15) is 18.4 Å². The fourth-order valence-electron chi connectivity index (χ4n) is 8.84. The molecule has 3 unspecified atom stereocenters. The van der Waals surface area contributed by atoms with Gasteiger partial charge in [-0.3, -0.25) is 38.5 Å². The number of aryl methyl sites for hydroxylation is 1. The van der Waals surface area contributed by atoms with Crippen molar-refractivity contribution < 1.29 is 56.6 Å². The van der Waals surface area contributed by atoms with Gasteiger partial charge in [-0.1, -0.05) is 38.1 Å². The number of nitrogens with one attached hydrogen (secondary N) is 2. The molecule has 2 heterocycles. The van der Waals surface area contributed by atoms with Gasteiger partial charge in [0.1, 0.15) is 11.3 Å². The fraction of sp³-hybridized carbons (Fsp3) is 0.423. The Morgan fingerprint density at radius 1 is 0.907 bits per heavy atom. The van der Waals surface area contributed by atoms with Crippen LogP contribution in [0.1, 0.15) is 62.9 Å². The normalized spacial score (nSPS) is 17.6. The van der Waals surface area contributed by atoms with Crippen molar-refractivity contribution in [3.05, 3.63) is 94.6 Å². The number of hydrogen-bond donors (Lipinski definition) is 3. The zero-order chi connectivity index (χ0) is 55.3. The molecule has 6 amide bonds. The van der Waals surface area contributed by atoms with E-state index in [0.717, 1.165) is 47.4 Å². The summed E-state index contributed by atoms with van der Waals surface area (Å²) in [6, 6.07) is 17.2. The maximum Gasteiger partial charge on any atom is 0.417 e. The van der Waals surface area contributed by atoms with E-state index < -0.39 is 114 Å². The average molecular weight is 1070 g/mol. The van der Waals surface area contributed by atoms with Gasteiger partial charge in [0, 0.05) is 39.3 Å². The fourth-order valence-corrected chi connectivity index (χ4v) is 10.2. The van der Waals surface area contributed by atoms with Crippen LogP contribution in [0.4, 0.5) is 24.5 Å². The first-order chi connectivity index (χ1) is 35.2. The standard InChI is InChI=1S/C52H58F3N9O9S2/c1-29(2)45(46(70)38-20-36(65)21-39(38)48(71)57-23-31-9-11-32(12-10-31)47-30(3)58-28-75-47)59-41(66)24-60(6)42(67)25-61(7)43(68)26-62(8)44(69)27-73-37-17-15-34(16-18-37)64-50(74)63(49(72)51(64,4)5)35-14-13-33(22-56)40(19-35)52(53,54)55/h9-19,28-29,36,38-39,45,65H,20-21,23-27H2,1-8H3,(H,57,71)(H,59,66)/t36-,38?,39?,45?/m0/s1. The van der Waals surface area contributed by atoms with Crippen molar-refractivity contribution >= 4 is 81.3 Å². The van der Waals surface area contributed by atoms with Gasteiger partial charge in [0.2, 0.25) is 23.6 Å². The third-order valence-corrected chi connectivity index (χ3v) is 14.5. The molecule has 0 bridgehead atoms. The summed E-state index contributed by atoms with van der Waals surface area (Å²) in [6.07, 6.45) is -5.62. The predicted octanol–water partition coefficient (Wildman–Crippen LogP) is 5.09. The second kappa shape index (κ2) is 23.5. The first-order valence-corrected chi connectivity index (χ1v) is 25.0. The number of aliphatic hydroxyl groups excluding tert-OH is 1. The number of amides is 6. The van der Waals surface area contributed by atoms with Gasteiger partial charge < -0.3 is 40.1 Å². The summed E-state index contributed by atoms with van der Waals surface area (Å²) in [4.78, 5) is 105. The van der Waals surface area contributed by atoms with Gasteiger partial charge >= 0.3 is 6.18 Å². The molecule has 4 aromatic rings. The number of rotatable bonds is 19. The van der Waals surface area contributed by atoms with E-state index in [1.165, 1.54) is 61.6 Å². The summed E-state index contributed by atoms with van der Waals surface area (Å²) in [6.45, 7) is 6.87. The molecule has 3 aromatic carbocycles. The molecular formula is C52H58F3N9O9S2. The lowest BCUT2D eigenvalue weighted by Gasteiger charge is -2.29. The zero-order valence-corrected chi connectivity index (χ0v) is 44.2. The van der Waals surface area contributed by atoms with Crippen LogP contribution in [0.25, 0.3) is 10.4 Å². The maximum atomic E-state index is 14.0. The number of nitrogens with zero attached hydrogens (tertiary/aromatic N) is 7. The highest BCUT2D eigenvalue weighted by Gasteiger charge is 2.51. The van der Waals surface area contributed by atoms with Crippen molar-refractivity contribution in [2.75, 3.05) is 57.2 Å². The van der Waals surface area contributed by atoms with Crippen LogP contribution >= 0.6 is 23.6 Å². The van der Waals surface area contributed by atoms with Crippen LogP contribution in [0.15, 0.2) is 72.2 Å². The number of aliphatic hydroxyl groups is 1. The molecule has 3 N–H and O–H groups in total. The number of aromatic nitrogens is 1. The first kappa shape index (κ1) is 57.0. The number of thiazole rings is 1. The molecule has 1 saturated carbocycles. The number of likely N-dealkylation sites (N-methyl/N-ethyl adjacent to an activating group) is 3. The number of Topliss-reactive ketones (excluding diaryl/α,β-unsaturated/α-hetero) is 1. The van der Waals surface area contributed by atoms with Crippen molar-refractivity contribution in [2.24, 2.45) is 17.8 Å². The van der Waals surface area contributed by atoms with Crippen molar-refractivity contribution in [1.82, 2.24) is 30.3 Å². The predicted molar refractivity (Wildman–Crippen MR) is 276 cm³/mol. The van der Waals surface area contributed by atoms with Crippen LogP contribution in [0.2, 0.25) is 0 Å². The second-order valence-electron chi connectivity index (χ2n) is 19.4. The number of ketones is 1. The van der Waals surface area contributed by atoms with E-state index in [-0.39, 0.29) is 41.8 Å². The van der Waals surface area contributed by atoms with Crippen molar-refractivity contribution in [2.45, 2.75) is 77.9 Å². The highest BCUT2D eigenvalue weighted by Crippen LogP contribution is 2.40. The molecule has 6 rings (SSSR count). The highest BCUT2D eigenvalue weighted by molar-refractivity contribution is 7.81. The Labute approximate surface area is 441 Å². The summed E-state index contributed by atoms with van der Waals surface area (Å²) in [5.41, 5.74) is 1.63. The van der Waals surface area contributed by atoms with E-state index in [1.54, 1.807) is 45.3 Å². The van der Waals surface area contributed by atoms with Gasteiger partial charge in [0.05, 0.1) is 76.7 Å². The Morgan fingerprint density at radius 2 is 1.49 bits per heavy atom. The van der Waals surface area contributed by atoms with E-state index in [9.17, 15) is 57.1 Å². The topological polar surface area (TPSA) is 226 Å². The number of carbonyl (C=O) groups is 7. The SMILES string of the molecule is Cc1ncsc1-c1ccc(CNC(=O)C2C[C@@H](O)CC2C(=O)C(NC(=O)CN(C)C(=O)CN(C)C(=O)CN(C)C(=O)COc2ccc(N3C(=S)N(c4ccc(C#N)c(C(F)(F)F)c4)C(=O)C3(C)C)cc2)C(C)C)cc1. The third-order valence-electron chi connectivity index (χ3n) is 13.2. The van der Waals surface area contributed by atoms with Gasteiger partial charge in [-0.25, -0.2) is 4.98 Å². The highest BCUT2D eigenvalue weighted by atomic mass is 32.1. The van der Waals surface area contributed by atoms with Crippen molar-refractivity contribution in [1.29, 1.82) is 5.26 Å². The molecule has 1 aliphatic heterocycles. The molecule has 1 aromatic heterocycles.